The molecule has 0 aliphatic heterocycles. The van der Waals surface area contributed by atoms with E-state index in [1.807, 2.05) is 49.4 Å². The van der Waals surface area contributed by atoms with Gasteiger partial charge in [0, 0.05) is 0 Å². The summed E-state index contributed by atoms with van der Waals surface area (Å²) < 4.78 is 13.2. The minimum Gasteiger partial charge on any atom is -0.486 e. The Bertz CT molecular complexity index is 833. The Kier molecular flexibility index (Phi) is 4.15. The monoisotopic (exact) mass is 314 g/mol. The number of furan rings is 1. The molecule has 3 rings (SSSR count). The first-order valence-corrected chi connectivity index (χ1v) is 7.08. The average Bonchev–Trinajstić information content (AvgIpc) is 3.12. The van der Waals surface area contributed by atoms with E-state index in [2.05, 4.69) is 15.3 Å². The van der Waals surface area contributed by atoms with Gasteiger partial charge in [-0.3, -0.25) is 5.10 Å². The lowest BCUT2D eigenvalue weighted by atomic mass is 10.3. The van der Waals surface area contributed by atoms with Crippen molar-refractivity contribution in [2.45, 2.75) is 13.5 Å². The maximum Gasteiger partial charge on any atom is 0.216 e. The molecule has 0 atom stereocenters. The van der Waals surface area contributed by atoms with Gasteiger partial charge in [0.1, 0.15) is 29.7 Å². The largest absolute Gasteiger partial charge is 0.486 e. The molecule has 1 aromatic carbocycles. The molecule has 0 aliphatic rings. The minimum atomic E-state index is 0.363. The number of ether oxygens (including phenoxy) is 1. The summed E-state index contributed by atoms with van der Waals surface area (Å²) in [6, 6.07) is 13.3. The molecule has 3 aromatic rings. The summed E-state index contributed by atoms with van der Waals surface area (Å²) in [5.74, 6) is 2.82. The van der Waals surface area contributed by atoms with E-state index >= 15 is 0 Å². The fraction of sp³-hybridized carbons (Fsp3) is 0.133. The van der Waals surface area contributed by atoms with Crippen molar-refractivity contribution in [2.24, 2.45) is 5.10 Å². The normalized spacial score (nSPS) is 11.1. The van der Waals surface area contributed by atoms with Gasteiger partial charge < -0.3 is 9.15 Å². The zero-order valence-electron chi connectivity index (χ0n) is 11.9. The van der Waals surface area contributed by atoms with Crippen molar-refractivity contribution >= 4 is 18.4 Å². The summed E-state index contributed by atoms with van der Waals surface area (Å²) in [4.78, 5) is 0. The Morgan fingerprint density at radius 3 is 2.86 bits per heavy atom. The topological polar surface area (TPSA) is 68.3 Å². The van der Waals surface area contributed by atoms with Crippen LogP contribution in [0, 0.1) is 11.7 Å². The van der Waals surface area contributed by atoms with Gasteiger partial charge in [-0.25, -0.2) is 0 Å². The molecule has 7 heteroatoms. The standard InChI is InChI=1S/C15H14N4O2S/c1-11-17-18-15(22)19(11)16-9-13-7-8-14(21-13)10-20-12-5-3-2-4-6-12/h2-9H,10H2,1H3,(H,18,22). The predicted octanol–water partition coefficient (Wildman–Crippen LogP) is 3.30. The number of rotatable bonds is 5. The SMILES string of the molecule is Cc1n[nH]c(=S)n1N=Cc1ccc(COc2ccccc2)o1. The maximum atomic E-state index is 5.63. The van der Waals surface area contributed by atoms with Crippen molar-refractivity contribution < 1.29 is 9.15 Å². The van der Waals surface area contributed by atoms with Crippen molar-refractivity contribution in [2.75, 3.05) is 0 Å². The Labute approximate surface area is 132 Å². The lowest BCUT2D eigenvalue weighted by Crippen LogP contribution is -1.94. The lowest BCUT2D eigenvalue weighted by molar-refractivity contribution is 0.270. The molecule has 2 aromatic heterocycles. The molecule has 0 radical (unpaired) electrons. The summed E-state index contributed by atoms with van der Waals surface area (Å²) in [5, 5.41) is 10.9. The molecule has 1 N–H and O–H groups in total. The number of H-pyrrole nitrogens is 1. The van der Waals surface area contributed by atoms with Gasteiger partial charge in [-0.2, -0.15) is 14.9 Å². The lowest BCUT2D eigenvalue weighted by Gasteiger charge is -2.02. The Hall–Kier alpha value is -2.67. The molecule has 0 saturated carbocycles. The number of benzene rings is 1. The molecule has 0 saturated heterocycles. The Morgan fingerprint density at radius 2 is 2.14 bits per heavy atom. The van der Waals surface area contributed by atoms with Gasteiger partial charge in [-0.15, -0.1) is 0 Å². The van der Waals surface area contributed by atoms with E-state index in [9.17, 15) is 0 Å². The van der Waals surface area contributed by atoms with E-state index in [1.54, 1.807) is 6.21 Å². The highest BCUT2D eigenvalue weighted by Crippen LogP contribution is 2.13. The third kappa shape index (κ3) is 3.32. The molecule has 0 unspecified atom stereocenters. The fourth-order valence-corrected chi connectivity index (χ4v) is 2.06. The molecule has 0 bridgehead atoms. The van der Waals surface area contributed by atoms with Gasteiger partial charge >= 0.3 is 0 Å². The number of nitrogens with one attached hydrogen (secondary N) is 1. The van der Waals surface area contributed by atoms with E-state index in [-0.39, 0.29) is 0 Å². The molecular weight excluding hydrogens is 300 g/mol. The van der Waals surface area contributed by atoms with Crippen LogP contribution >= 0.6 is 12.2 Å². The predicted molar refractivity (Wildman–Crippen MR) is 84.6 cm³/mol. The van der Waals surface area contributed by atoms with E-state index in [4.69, 9.17) is 21.4 Å². The highest BCUT2D eigenvalue weighted by atomic mass is 32.1. The van der Waals surface area contributed by atoms with Crippen molar-refractivity contribution in [3.63, 3.8) is 0 Å². The molecular formula is C15H14N4O2S. The van der Waals surface area contributed by atoms with E-state index < -0.39 is 0 Å². The van der Waals surface area contributed by atoms with Crippen LogP contribution in [0.2, 0.25) is 0 Å². The van der Waals surface area contributed by atoms with Crippen LogP contribution in [0.5, 0.6) is 5.75 Å². The summed E-state index contributed by atoms with van der Waals surface area (Å²) in [6.07, 6.45) is 1.59. The average molecular weight is 314 g/mol. The second-order valence-corrected chi connectivity index (χ2v) is 4.92. The zero-order valence-corrected chi connectivity index (χ0v) is 12.7. The van der Waals surface area contributed by atoms with Crippen molar-refractivity contribution in [1.29, 1.82) is 0 Å². The number of aromatic amines is 1. The molecule has 0 amide bonds. The van der Waals surface area contributed by atoms with Crippen LogP contribution in [0.25, 0.3) is 0 Å². The molecule has 6 nitrogen and oxygen atoms in total. The minimum absolute atomic E-state index is 0.363. The van der Waals surface area contributed by atoms with E-state index in [1.165, 1.54) is 4.68 Å². The second kappa shape index (κ2) is 6.40. The summed E-state index contributed by atoms with van der Waals surface area (Å²) in [6.45, 7) is 2.17. The van der Waals surface area contributed by atoms with Crippen LogP contribution in [0.3, 0.4) is 0 Å². The number of hydrogen-bond donors (Lipinski definition) is 1. The van der Waals surface area contributed by atoms with Gasteiger partial charge in [-0.1, -0.05) is 18.2 Å². The number of nitrogens with zero attached hydrogens (tertiary/aromatic N) is 3. The van der Waals surface area contributed by atoms with Crippen LogP contribution < -0.4 is 4.74 Å². The molecule has 0 aliphatic carbocycles. The molecule has 22 heavy (non-hydrogen) atoms. The fourth-order valence-electron chi connectivity index (χ4n) is 1.83. The van der Waals surface area contributed by atoms with Crippen LogP contribution in [-0.4, -0.2) is 21.1 Å². The van der Waals surface area contributed by atoms with Gasteiger partial charge in [0.15, 0.2) is 0 Å². The Balaban J connectivity index is 1.65. The number of para-hydroxylation sites is 1. The van der Waals surface area contributed by atoms with Crippen LogP contribution in [0.4, 0.5) is 0 Å². The maximum absolute atomic E-state index is 5.63. The number of hydrogen-bond acceptors (Lipinski definition) is 5. The van der Waals surface area contributed by atoms with Crippen molar-refractivity contribution in [3.05, 3.63) is 64.6 Å². The third-order valence-corrected chi connectivity index (χ3v) is 3.18. The zero-order chi connectivity index (χ0) is 15.4. The first-order chi connectivity index (χ1) is 10.7. The summed E-state index contributed by atoms with van der Waals surface area (Å²) >= 11 is 5.07. The quantitative estimate of drug-likeness (QED) is 0.579. The Morgan fingerprint density at radius 1 is 1.32 bits per heavy atom. The van der Waals surface area contributed by atoms with E-state index in [0.717, 1.165) is 11.5 Å². The van der Waals surface area contributed by atoms with Gasteiger partial charge in [0.05, 0.1) is 6.21 Å². The smallest absolute Gasteiger partial charge is 0.216 e. The highest BCUT2D eigenvalue weighted by molar-refractivity contribution is 7.71. The van der Waals surface area contributed by atoms with Crippen molar-refractivity contribution in [3.8, 4) is 5.75 Å². The second-order valence-electron chi connectivity index (χ2n) is 4.54. The van der Waals surface area contributed by atoms with Crippen LogP contribution in [-0.2, 0) is 6.61 Å². The first kappa shape index (κ1) is 14.3. The highest BCUT2D eigenvalue weighted by Gasteiger charge is 2.02. The van der Waals surface area contributed by atoms with E-state index in [0.29, 0.717) is 23.0 Å². The molecule has 0 fully saturated rings. The van der Waals surface area contributed by atoms with Gasteiger partial charge in [0.25, 0.3) is 0 Å². The van der Waals surface area contributed by atoms with Crippen molar-refractivity contribution in [1.82, 2.24) is 14.9 Å². The summed E-state index contributed by atoms with van der Waals surface area (Å²) in [7, 11) is 0. The molecule has 2 heterocycles. The first-order valence-electron chi connectivity index (χ1n) is 6.67. The summed E-state index contributed by atoms with van der Waals surface area (Å²) in [5.41, 5.74) is 0. The number of aryl methyl sites for hydroxylation is 1. The van der Waals surface area contributed by atoms with Gasteiger partial charge in [0.2, 0.25) is 4.77 Å². The van der Waals surface area contributed by atoms with Crippen LogP contribution in [0.1, 0.15) is 17.3 Å². The van der Waals surface area contributed by atoms with Crippen LogP contribution in [0.15, 0.2) is 52.0 Å². The third-order valence-electron chi connectivity index (χ3n) is 2.92. The molecule has 112 valence electrons. The van der Waals surface area contributed by atoms with Gasteiger partial charge in [-0.05, 0) is 43.4 Å². The molecule has 0 spiro atoms. The number of aromatic nitrogens is 3.